The fourth-order valence-corrected chi connectivity index (χ4v) is 5.92. The number of hydrogen-bond acceptors (Lipinski definition) is 13. The minimum absolute atomic E-state index is 0.0729. The zero-order valence-corrected chi connectivity index (χ0v) is 18.4. The van der Waals surface area contributed by atoms with Gasteiger partial charge in [0.1, 0.15) is 17.4 Å². The van der Waals surface area contributed by atoms with Gasteiger partial charge < -0.3 is 21.4 Å². The summed E-state index contributed by atoms with van der Waals surface area (Å²) in [4.78, 5) is 42.8. The normalized spacial score (nSPS) is 20.7. The number of tetrazole rings is 1. The molecule has 17 heteroatoms. The summed E-state index contributed by atoms with van der Waals surface area (Å²) in [5, 5.41) is 40.3. The summed E-state index contributed by atoms with van der Waals surface area (Å²) in [7, 11) is 0. The van der Waals surface area contributed by atoms with Crippen molar-refractivity contribution in [3.05, 3.63) is 21.7 Å². The van der Waals surface area contributed by atoms with Gasteiger partial charge >= 0.3 is 5.97 Å². The van der Waals surface area contributed by atoms with E-state index in [1.807, 2.05) is 0 Å². The fraction of sp³-hybridized carbons (Fsp3) is 0.333. The topological polar surface area (TPSA) is 213 Å². The summed E-state index contributed by atoms with van der Waals surface area (Å²) in [5.74, 6) is -2.59. The standard InChI is InChI=1S/C15H15N9O5S3/c16-14-17-5(3-30-14)8(21-29)11(25)18-9-6-1-2-7(10(13(27)28)24(6)12(9)26)31-4-32-15-19-22-23-20-15/h3,6,9,29H,1-2,4H2,(H2,16,17)(H,18,25)(H,27,28)(H,19,20,22,23)/b21-8-/t6-,9+/m1/s1. The number of rotatable bonds is 8. The average Bonchev–Trinajstić information content (AvgIpc) is 3.44. The monoisotopic (exact) mass is 497 g/mol. The van der Waals surface area contributed by atoms with Crippen molar-refractivity contribution in [2.24, 2.45) is 5.16 Å². The Labute approximate surface area is 191 Å². The molecule has 1 fully saturated rings. The lowest BCUT2D eigenvalue weighted by Gasteiger charge is -2.50. The molecule has 2 aliphatic rings. The number of nitrogen functional groups attached to an aromatic ring is 1. The number of H-pyrrole nitrogens is 1. The zero-order valence-electron chi connectivity index (χ0n) is 16.0. The second-order valence-corrected chi connectivity index (χ2v) is 9.73. The number of thioether (sulfide) groups is 2. The second-order valence-electron chi connectivity index (χ2n) is 6.46. The second kappa shape index (κ2) is 9.13. The van der Waals surface area contributed by atoms with Crippen molar-refractivity contribution in [1.82, 2.24) is 35.8 Å². The number of carbonyl (C=O) groups is 3. The van der Waals surface area contributed by atoms with Gasteiger partial charge in [0.05, 0.1) is 11.1 Å². The number of aromatic amines is 1. The first kappa shape index (κ1) is 22.0. The third-order valence-electron chi connectivity index (χ3n) is 4.71. The van der Waals surface area contributed by atoms with Crippen molar-refractivity contribution in [2.75, 3.05) is 10.8 Å². The summed E-state index contributed by atoms with van der Waals surface area (Å²) in [6, 6.07) is -1.46. The molecule has 168 valence electrons. The summed E-state index contributed by atoms with van der Waals surface area (Å²) < 4.78 is 0. The molecule has 0 aliphatic carbocycles. The highest BCUT2D eigenvalue weighted by Gasteiger charge is 2.53. The van der Waals surface area contributed by atoms with Crippen LogP contribution >= 0.6 is 34.9 Å². The molecule has 1 saturated heterocycles. The number of aromatic nitrogens is 5. The molecular weight excluding hydrogens is 482 g/mol. The SMILES string of the molecule is Nc1nc(/C(=N/O)C(=O)N[C@@H]2C(=O)N3C(C(=O)O)=C(SCSc4nn[nH]n4)CC[C@H]23)cs1. The molecule has 2 aromatic rings. The number of amides is 2. The lowest BCUT2D eigenvalue weighted by molar-refractivity contribution is -0.155. The molecule has 0 saturated carbocycles. The van der Waals surface area contributed by atoms with E-state index < -0.39 is 29.9 Å². The summed E-state index contributed by atoms with van der Waals surface area (Å²) in [6.07, 6.45) is 0.876. The van der Waals surface area contributed by atoms with Gasteiger partial charge in [0.25, 0.3) is 11.8 Å². The Morgan fingerprint density at radius 3 is 2.88 bits per heavy atom. The number of carboxylic acid groups (broad SMARTS) is 1. The molecule has 2 aliphatic heterocycles. The quantitative estimate of drug-likeness (QED) is 0.0793. The van der Waals surface area contributed by atoms with Crippen LogP contribution in [-0.2, 0) is 14.4 Å². The molecule has 4 heterocycles. The molecule has 0 bridgehead atoms. The molecule has 0 spiro atoms. The van der Waals surface area contributed by atoms with Crippen LogP contribution in [0.1, 0.15) is 18.5 Å². The molecule has 0 radical (unpaired) electrons. The molecule has 14 nitrogen and oxygen atoms in total. The number of nitrogens with one attached hydrogen (secondary N) is 2. The Morgan fingerprint density at radius 1 is 1.44 bits per heavy atom. The van der Waals surface area contributed by atoms with Crippen molar-refractivity contribution >= 4 is 63.5 Å². The van der Waals surface area contributed by atoms with E-state index in [0.29, 0.717) is 28.0 Å². The molecule has 2 amide bonds. The number of thiazole rings is 1. The van der Waals surface area contributed by atoms with Gasteiger partial charge in [0, 0.05) is 10.3 Å². The highest BCUT2D eigenvalue weighted by atomic mass is 32.2. The first-order chi connectivity index (χ1) is 15.4. The number of anilines is 1. The maximum absolute atomic E-state index is 12.7. The first-order valence-corrected chi connectivity index (χ1v) is 11.8. The highest BCUT2D eigenvalue weighted by molar-refractivity contribution is 8.17. The number of nitrogens with two attached hydrogens (primary N) is 1. The third kappa shape index (κ3) is 4.13. The molecule has 2 atom stereocenters. The van der Waals surface area contributed by atoms with Gasteiger partial charge in [0.2, 0.25) is 5.16 Å². The molecule has 32 heavy (non-hydrogen) atoms. The van der Waals surface area contributed by atoms with Crippen LogP contribution in [0.5, 0.6) is 0 Å². The number of carbonyl (C=O) groups excluding carboxylic acids is 2. The van der Waals surface area contributed by atoms with Crippen molar-refractivity contribution < 1.29 is 24.7 Å². The van der Waals surface area contributed by atoms with Gasteiger partial charge in [-0.2, -0.15) is 5.21 Å². The van der Waals surface area contributed by atoms with Crippen LogP contribution in [0.4, 0.5) is 5.13 Å². The Balaban J connectivity index is 1.44. The van der Waals surface area contributed by atoms with Gasteiger partial charge in [-0.1, -0.05) is 16.9 Å². The highest BCUT2D eigenvalue weighted by Crippen LogP contribution is 2.41. The Kier molecular flexibility index (Phi) is 6.28. The summed E-state index contributed by atoms with van der Waals surface area (Å²) >= 11 is 3.63. The predicted molar refractivity (Wildman–Crippen MR) is 114 cm³/mol. The Hall–Kier alpha value is -3.18. The van der Waals surface area contributed by atoms with Crippen LogP contribution in [-0.4, -0.2) is 81.5 Å². The predicted octanol–water partition coefficient (Wildman–Crippen LogP) is -0.315. The average molecular weight is 498 g/mol. The van der Waals surface area contributed by atoms with Gasteiger partial charge in [-0.25, -0.2) is 9.78 Å². The number of allylic oxidation sites excluding steroid dienone is 1. The number of fused-ring (bicyclic) bond motifs is 1. The van der Waals surface area contributed by atoms with E-state index in [0.717, 1.165) is 11.3 Å². The minimum Gasteiger partial charge on any atom is -0.477 e. The van der Waals surface area contributed by atoms with E-state index in [1.165, 1.54) is 33.8 Å². The zero-order chi connectivity index (χ0) is 22.8. The van der Waals surface area contributed by atoms with Crippen LogP contribution in [0, 0.1) is 0 Å². The van der Waals surface area contributed by atoms with Gasteiger partial charge in [-0.05, 0) is 18.1 Å². The maximum atomic E-state index is 12.7. The van der Waals surface area contributed by atoms with E-state index in [1.54, 1.807) is 0 Å². The summed E-state index contributed by atoms with van der Waals surface area (Å²) in [6.45, 7) is 0. The Morgan fingerprint density at radius 2 is 2.25 bits per heavy atom. The molecule has 0 unspecified atom stereocenters. The molecule has 4 rings (SSSR count). The van der Waals surface area contributed by atoms with Crippen LogP contribution in [0.3, 0.4) is 0 Å². The third-order valence-corrected chi connectivity index (χ3v) is 7.50. The van der Waals surface area contributed by atoms with Crippen molar-refractivity contribution in [3.8, 4) is 0 Å². The lowest BCUT2D eigenvalue weighted by Crippen LogP contribution is -2.72. The number of oxime groups is 1. The number of carboxylic acids is 1. The molecule has 2 aromatic heterocycles. The summed E-state index contributed by atoms with van der Waals surface area (Å²) in [5.41, 5.74) is 5.13. The van der Waals surface area contributed by atoms with Gasteiger partial charge in [-0.3, -0.25) is 14.5 Å². The minimum atomic E-state index is -1.23. The molecular formula is C15H15N9O5S3. The van der Waals surface area contributed by atoms with Crippen molar-refractivity contribution in [3.63, 3.8) is 0 Å². The number of hydrogen-bond donors (Lipinski definition) is 5. The first-order valence-electron chi connectivity index (χ1n) is 8.93. The largest absolute Gasteiger partial charge is 0.477 e. The van der Waals surface area contributed by atoms with Crippen LogP contribution in [0.15, 0.2) is 26.3 Å². The van der Waals surface area contributed by atoms with E-state index in [4.69, 9.17) is 5.73 Å². The van der Waals surface area contributed by atoms with Crippen LogP contribution in [0.25, 0.3) is 0 Å². The van der Waals surface area contributed by atoms with Gasteiger partial charge in [0.15, 0.2) is 10.8 Å². The fourth-order valence-electron chi connectivity index (χ4n) is 3.36. The van der Waals surface area contributed by atoms with Crippen LogP contribution < -0.4 is 11.1 Å². The van der Waals surface area contributed by atoms with Crippen molar-refractivity contribution in [2.45, 2.75) is 30.1 Å². The molecule has 6 N–H and O–H groups in total. The number of nitrogens with zero attached hydrogens (tertiary/aromatic N) is 6. The van der Waals surface area contributed by atoms with E-state index in [2.05, 4.69) is 36.1 Å². The molecule has 0 aromatic carbocycles. The van der Waals surface area contributed by atoms with Crippen molar-refractivity contribution in [1.29, 1.82) is 0 Å². The number of β-lactam (4-membered cyclic amide) rings is 1. The smallest absolute Gasteiger partial charge is 0.353 e. The van der Waals surface area contributed by atoms with Gasteiger partial charge in [-0.15, -0.1) is 33.3 Å². The Bertz CT molecular complexity index is 1120. The number of aliphatic carboxylic acids is 1. The maximum Gasteiger partial charge on any atom is 0.353 e. The van der Waals surface area contributed by atoms with E-state index in [-0.39, 0.29) is 22.2 Å². The van der Waals surface area contributed by atoms with E-state index >= 15 is 0 Å². The van der Waals surface area contributed by atoms with E-state index in [9.17, 15) is 24.7 Å². The lowest BCUT2D eigenvalue weighted by atomic mass is 9.86. The van der Waals surface area contributed by atoms with Crippen LogP contribution in [0.2, 0.25) is 0 Å².